The third-order valence-electron chi connectivity index (χ3n) is 2.36. The van der Waals surface area contributed by atoms with E-state index in [2.05, 4.69) is 0 Å². The highest BCUT2D eigenvalue weighted by Gasteiger charge is 2.02. The largest absolute Gasteiger partial charge is 0.463 e. The highest BCUT2D eigenvalue weighted by atomic mass is 16.5. The van der Waals surface area contributed by atoms with E-state index in [0.29, 0.717) is 12.4 Å². The van der Waals surface area contributed by atoms with Gasteiger partial charge in [0, 0.05) is 11.5 Å². The highest BCUT2D eigenvalue weighted by Crippen LogP contribution is 2.21. The molecule has 0 amide bonds. The van der Waals surface area contributed by atoms with Gasteiger partial charge in [0.2, 0.25) is 0 Å². The molecule has 0 bridgehead atoms. The molecule has 0 aliphatic carbocycles. The van der Waals surface area contributed by atoms with Gasteiger partial charge in [0.15, 0.2) is 0 Å². The van der Waals surface area contributed by atoms with E-state index in [1.807, 2.05) is 31.2 Å². The van der Waals surface area contributed by atoms with Crippen molar-refractivity contribution in [3.05, 3.63) is 41.7 Å². The van der Waals surface area contributed by atoms with Crippen LogP contribution in [-0.4, -0.2) is 12.6 Å². The minimum absolute atomic E-state index is 0.357. The summed E-state index contributed by atoms with van der Waals surface area (Å²) in [4.78, 5) is 11.1. The smallest absolute Gasteiger partial charge is 0.330 e. The maximum atomic E-state index is 11.1. The van der Waals surface area contributed by atoms with E-state index in [0.717, 1.165) is 11.0 Å². The first-order valence-electron chi connectivity index (χ1n) is 5.54. The molecule has 2 aromatic rings. The molecule has 0 saturated carbocycles. The first-order chi connectivity index (χ1) is 8.19. The molecule has 17 heavy (non-hydrogen) atoms. The van der Waals surface area contributed by atoms with Crippen LogP contribution in [0.25, 0.3) is 17.0 Å². The van der Waals surface area contributed by atoms with Crippen molar-refractivity contribution in [1.82, 2.24) is 0 Å². The predicted molar refractivity (Wildman–Crippen MR) is 66.6 cm³/mol. The van der Waals surface area contributed by atoms with Crippen LogP contribution in [0.1, 0.15) is 18.2 Å². The zero-order chi connectivity index (χ0) is 12.3. The number of ether oxygens (including phenoxy) is 1. The summed E-state index contributed by atoms with van der Waals surface area (Å²) in [6.45, 7) is 4.18. The summed E-state index contributed by atoms with van der Waals surface area (Å²) < 4.78 is 10.3. The van der Waals surface area contributed by atoms with Crippen molar-refractivity contribution in [1.29, 1.82) is 0 Å². The molecule has 0 atom stereocenters. The quantitative estimate of drug-likeness (QED) is 0.599. The molecule has 0 saturated heterocycles. The Balaban J connectivity index is 2.22. The van der Waals surface area contributed by atoms with E-state index < -0.39 is 0 Å². The molecule has 2 rings (SSSR count). The molecule has 0 aliphatic rings. The van der Waals surface area contributed by atoms with Crippen molar-refractivity contribution < 1.29 is 13.9 Å². The number of hydrogen-bond donors (Lipinski definition) is 0. The first-order valence-corrected chi connectivity index (χ1v) is 5.54. The van der Waals surface area contributed by atoms with Gasteiger partial charge >= 0.3 is 5.97 Å². The van der Waals surface area contributed by atoms with Crippen LogP contribution in [0.2, 0.25) is 0 Å². The molecule has 0 spiro atoms. The summed E-state index contributed by atoms with van der Waals surface area (Å²) in [6, 6.07) is 7.86. The molecule has 88 valence electrons. The molecule has 0 aliphatic heterocycles. The Hall–Kier alpha value is -2.03. The first kappa shape index (κ1) is 11.5. The van der Waals surface area contributed by atoms with Crippen LogP contribution in [0.15, 0.2) is 34.8 Å². The van der Waals surface area contributed by atoms with Gasteiger partial charge in [-0.25, -0.2) is 4.79 Å². The van der Waals surface area contributed by atoms with Crippen LogP contribution in [0.5, 0.6) is 0 Å². The van der Waals surface area contributed by atoms with Gasteiger partial charge in [-0.2, -0.15) is 0 Å². The Morgan fingerprint density at radius 2 is 2.24 bits per heavy atom. The third-order valence-corrected chi connectivity index (χ3v) is 2.36. The summed E-state index contributed by atoms with van der Waals surface area (Å²) in [7, 11) is 0. The normalized spacial score (nSPS) is 11.2. The van der Waals surface area contributed by atoms with E-state index in [-0.39, 0.29) is 5.97 Å². The summed E-state index contributed by atoms with van der Waals surface area (Å²) in [5, 5.41) is 1.04. The molecule has 0 N–H and O–H groups in total. The van der Waals surface area contributed by atoms with Crippen molar-refractivity contribution in [2.75, 3.05) is 6.61 Å². The van der Waals surface area contributed by atoms with Crippen molar-refractivity contribution in [2.45, 2.75) is 13.8 Å². The number of benzene rings is 1. The highest BCUT2D eigenvalue weighted by molar-refractivity contribution is 5.88. The number of esters is 1. The minimum Gasteiger partial charge on any atom is -0.463 e. The van der Waals surface area contributed by atoms with Crippen LogP contribution in [0.4, 0.5) is 0 Å². The standard InChI is InChI=1S/C14H14O3/c1-3-16-14(15)7-5-12-9-11-8-10(2)4-6-13(11)17-12/h4-9H,3H2,1-2H3/b7-5+. The molecular weight excluding hydrogens is 216 g/mol. The van der Waals surface area contributed by atoms with Crippen LogP contribution in [0.3, 0.4) is 0 Å². The van der Waals surface area contributed by atoms with E-state index in [4.69, 9.17) is 9.15 Å². The Kier molecular flexibility index (Phi) is 3.28. The summed E-state index contributed by atoms with van der Waals surface area (Å²) in [6.07, 6.45) is 2.99. The lowest BCUT2D eigenvalue weighted by atomic mass is 10.2. The van der Waals surface area contributed by atoms with Crippen LogP contribution in [-0.2, 0) is 9.53 Å². The van der Waals surface area contributed by atoms with E-state index in [1.54, 1.807) is 13.0 Å². The van der Waals surface area contributed by atoms with Gasteiger partial charge in [-0.3, -0.25) is 0 Å². The molecule has 1 aromatic heterocycles. The molecule has 1 aromatic carbocycles. The van der Waals surface area contributed by atoms with Gasteiger partial charge in [0.1, 0.15) is 11.3 Å². The number of furan rings is 1. The zero-order valence-corrected chi connectivity index (χ0v) is 9.90. The van der Waals surface area contributed by atoms with Gasteiger partial charge in [0.05, 0.1) is 6.61 Å². The van der Waals surface area contributed by atoms with Gasteiger partial charge in [-0.05, 0) is 38.1 Å². The van der Waals surface area contributed by atoms with Crippen molar-refractivity contribution in [3.63, 3.8) is 0 Å². The second-order valence-corrected chi connectivity index (χ2v) is 3.78. The van der Waals surface area contributed by atoms with Crippen LogP contribution >= 0.6 is 0 Å². The maximum absolute atomic E-state index is 11.1. The van der Waals surface area contributed by atoms with Crippen molar-refractivity contribution >= 4 is 23.0 Å². The molecule has 0 fully saturated rings. The van der Waals surface area contributed by atoms with E-state index in [1.165, 1.54) is 11.6 Å². The van der Waals surface area contributed by atoms with E-state index in [9.17, 15) is 4.79 Å². The lowest BCUT2D eigenvalue weighted by Gasteiger charge is -1.93. The Morgan fingerprint density at radius 1 is 1.41 bits per heavy atom. The average molecular weight is 230 g/mol. The lowest BCUT2D eigenvalue weighted by Crippen LogP contribution is -1.98. The van der Waals surface area contributed by atoms with Crippen LogP contribution in [0, 0.1) is 6.92 Å². The zero-order valence-electron chi connectivity index (χ0n) is 9.90. The fourth-order valence-corrected chi connectivity index (χ4v) is 1.61. The van der Waals surface area contributed by atoms with Crippen LogP contribution < -0.4 is 0 Å². The number of carbonyl (C=O) groups excluding carboxylic acids is 1. The predicted octanol–water partition coefficient (Wildman–Crippen LogP) is 3.32. The molecule has 0 radical (unpaired) electrons. The number of hydrogen-bond acceptors (Lipinski definition) is 3. The summed E-state index contributed by atoms with van der Waals surface area (Å²) in [5.41, 5.74) is 2.00. The van der Waals surface area contributed by atoms with Gasteiger partial charge in [-0.1, -0.05) is 11.6 Å². The molecular formula is C14H14O3. The Morgan fingerprint density at radius 3 is 3.00 bits per heavy atom. The fourth-order valence-electron chi connectivity index (χ4n) is 1.61. The maximum Gasteiger partial charge on any atom is 0.330 e. The topological polar surface area (TPSA) is 39.4 Å². The fraction of sp³-hybridized carbons (Fsp3) is 0.214. The van der Waals surface area contributed by atoms with Crippen molar-refractivity contribution in [2.24, 2.45) is 0 Å². The SMILES string of the molecule is CCOC(=O)/C=C/c1cc2cc(C)ccc2o1. The van der Waals surface area contributed by atoms with Gasteiger partial charge < -0.3 is 9.15 Å². The lowest BCUT2D eigenvalue weighted by molar-refractivity contribution is -0.137. The second-order valence-electron chi connectivity index (χ2n) is 3.78. The number of carbonyl (C=O) groups is 1. The Bertz CT molecular complexity index is 564. The average Bonchev–Trinajstić information content (AvgIpc) is 2.68. The summed E-state index contributed by atoms with van der Waals surface area (Å²) in [5.74, 6) is 0.294. The molecule has 3 nitrogen and oxygen atoms in total. The van der Waals surface area contributed by atoms with Gasteiger partial charge in [0.25, 0.3) is 0 Å². The molecule has 0 unspecified atom stereocenters. The number of rotatable bonds is 3. The molecule has 3 heteroatoms. The monoisotopic (exact) mass is 230 g/mol. The second kappa shape index (κ2) is 4.87. The van der Waals surface area contributed by atoms with E-state index >= 15 is 0 Å². The number of fused-ring (bicyclic) bond motifs is 1. The number of aryl methyl sites for hydroxylation is 1. The summed E-state index contributed by atoms with van der Waals surface area (Å²) >= 11 is 0. The Labute approximate surface area is 99.7 Å². The minimum atomic E-state index is -0.357. The van der Waals surface area contributed by atoms with Crippen molar-refractivity contribution in [3.8, 4) is 0 Å². The van der Waals surface area contributed by atoms with Gasteiger partial charge in [-0.15, -0.1) is 0 Å². The third kappa shape index (κ3) is 2.75. The molecule has 1 heterocycles.